The topological polar surface area (TPSA) is 77.5 Å². The molecule has 3 aromatic rings. The highest BCUT2D eigenvalue weighted by Crippen LogP contribution is 2.35. The maximum Gasteiger partial charge on any atom is 0.210 e. The van der Waals surface area contributed by atoms with Crippen molar-refractivity contribution in [3.8, 4) is 5.75 Å². The van der Waals surface area contributed by atoms with E-state index in [4.69, 9.17) is 4.74 Å². The number of ether oxygens (including phenoxy) is 1. The smallest absolute Gasteiger partial charge is 0.210 e. The van der Waals surface area contributed by atoms with Crippen molar-refractivity contribution in [3.63, 3.8) is 0 Å². The van der Waals surface area contributed by atoms with E-state index in [0.29, 0.717) is 5.56 Å². The van der Waals surface area contributed by atoms with Crippen LogP contribution in [-0.2, 0) is 19.7 Å². The molecule has 158 valence electrons. The van der Waals surface area contributed by atoms with Crippen molar-refractivity contribution in [1.82, 2.24) is 0 Å². The average Bonchev–Trinajstić information content (AvgIpc) is 2.70. The summed E-state index contributed by atoms with van der Waals surface area (Å²) in [7, 11) is -7.91. The van der Waals surface area contributed by atoms with Gasteiger partial charge in [-0.1, -0.05) is 30.3 Å². The monoisotopic (exact) mass is 444 g/mol. The molecule has 0 amide bonds. The fourth-order valence-electron chi connectivity index (χ4n) is 3.07. The van der Waals surface area contributed by atoms with Crippen LogP contribution in [0.5, 0.6) is 5.75 Å². The Morgan fingerprint density at radius 1 is 0.700 bits per heavy atom. The van der Waals surface area contributed by atoms with Gasteiger partial charge in [0.05, 0.1) is 20.8 Å². The van der Waals surface area contributed by atoms with Crippen molar-refractivity contribution in [2.45, 2.75) is 53.4 Å². The molecule has 0 aliphatic heterocycles. The zero-order valence-electron chi connectivity index (χ0n) is 17.3. The van der Waals surface area contributed by atoms with E-state index in [1.807, 2.05) is 6.07 Å². The summed E-state index contributed by atoms with van der Waals surface area (Å²) in [5.74, 6) is 0.123. The normalized spacial score (nSPS) is 12.2. The van der Waals surface area contributed by atoms with E-state index in [-0.39, 0.29) is 31.4 Å². The van der Waals surface area contributed by atoms with Gasteiger partial charge in [-0.3, -0.25) is 0 Å². The van der Waals surface area contributed by atoms with Gasteiger partial charge in [0.15, 0.2) is 0 Å². The molecule has 3 aromatic carbocycles. The molecule has 0 heterocycles. The van der Waals surface area contributed by atoms with Crippen LogP contribution in [0.3, 0.4) is 0 Å². The molecule has 0 N–H and O–H groups in total. The Morgan fingerprint density at radius 3 is 2.00 bits per heavy atom. The van der Waals surface area contributed by atoms with Crippen LogP contribution >= 0.6 is 0 Å². The number of hydrogen-bond donors (Lipinski definition) is 0. The lowest BCUT2D eigenvalue weighted by Crippen LogP contribution is -2.13. The van der Waals surface area contributed by atoms with Gasteiger partial charge >= 0.3 is 0 Å². The summed E-state index contributed by atoms with van der Waals surface area (Å²) in [6.45, 7) is 7.08. The molecule has 3 rings (SSSR count). The zero-order chi connectivity index (χ0) is 22.1. The summed E-state index contributed by atoms with van der Waals surface area (Å²) >= 11 is 0. The predicted octanol–water partition coefficient (Wildman–Crippen LogP) is 4.76. The van der Waals surface area contributed by atoms with Gasteiger partial charge in [0.1, 0.15) is 10.6 Å². The predicted molar refractivity (Wildman–Crippen MR) is 115 cm³/mol. The molecular formula is C23H24O5S2. The van der Waals surface area contributed by atoms with Crippen molar-refractivity contribution in [3.05, 3.63) is 77.9 Å². The molecule has 0 radical (unpaired) electrons. The van der Waals surface area contributed by atoms with Crippen LogP contribution in [0.4, 0.5) is 0 Å². The first-order chi connectivity index (χ1) is 14.0. The summed E-state index contributed by atoms with van der Waals surface area (Å²) in [5.41, 5.74) is 1.37. The van der Waals surface area contributed by atoms with Crippen LogP contribution in [-0.4, -0.2) is 22.9 Å². The minimum absolute atomic E-state index is 0.0950. The Bertz CT molecular complexity index is 1280. The third-order valence-corrected chi connectivity index (χ3v) is 8.25. The molecule has 0 saturated heterocycles. The van der Waals surface area contributed by atoms with Crippen LogP contribution in [0.1, 0.15) is 25.0 Å². The van der Waals surface area contributed by atoms with Gasteiger partial charge in [0.25, 0.3) is 0 Å². The van der Waals surface area contributed by atoms with Gasteiger partial charge in [-0.15, -0.1) is 0 Å². The number of sulfone groups is 2. The third-order valence-electron chi connectivity index (χ3n) is 4.56. The SMILES string of the molecule is Cc1ccc(C)c(S(=O)(=O)c2cc(S(=O)(=O)c3ccccc3)ccc2OC(C)C)c1. The molecule has 0 bridgehead atoms. The van der Waals surface area contributed by atoms with E-state index < -0.39 is 19.7 Å². The van der Waals surface area contributed by atoms with Crippen molar-refractivity contribution >= 4 is 19.7 Å². The first-order valence-electron chi connectivity index (χ1n) is 9.46. The summed E-state index contributed by atoms with van der Waals surface area (Å²) in [5, 5.41) is 0. The second kappa shape index (κ2) is 8.24. The molecule has 0 aromatic heterocycles. The van der Waals surface area contributed by atoms with E-state index >= 15 is 0 Å². The lowest BCUT2D eigenvalue weighted by Gasteiger charge is -2.17. The molecule has 0 spiro atoms. The summed E-state index contributed by atoms with van der Waals surface area (Å²) in [4.78, 5) is -0.0430. The molecule has 7 heteroatoms. The lowest BCUT2D eigenvalue weighted by atomic mass is 10.2. The average molecular weight is 445 g/mol. The minimum atomic E-state index is -4.02. The molecule has 0 aliphatic carbocycles. The fraction of sp³-hybridized carbons (Fsp3) is 0.217. The Balaban J connectivity index is 2.26. The third kappa shape index (κ3) is 4.27. The Hall–Kier alpha value is -2.64. The van der Waals surface area contributed by atoms with Gasteiger partial charge in [-0.2, -0.15) is 0 Å². The quantitative estimate of drug-likeness (QED) is 0.548. The Kier molecular flexibility index (Phi) is 6.06. The largest absolute Gasteiger partial charge is 0.490 e. The van der Waals surface area contributed by atoms with Crippen molar-refractivity contribution in [2.24, 2.45) is 0 Å². The summed E-state index contributed by atoms with van der Waals surface area (Å²) in [6.07, 6.45) is -0.283. The highest BCUT2D eigenvalue weighted by Gasteiger charge is 2.28. The second-order valence-corrected chi connectivity index (χ2v) is 11.2. The number of hydrogen-bond acceptors (Lipinski definition) is 5. The number of aryl methyl sites for hydroxylation is 2. The summed E-state index contributed by atoms with van der Waals surface area (Å²) < 4.78 is 59.0. The number of rotatable bonds is 6. The maximum atomic E-state index is 13.6. The van der Waals surface area contributed by atoms with Crippen molar-refractivity contribution < 1.29 is 21.6 Å². The number of benzene rings is 3. The highest BCUT2D eigenvalue weighted by molar-refractivity contribution is 7.92. The van der Waals surface area contributed by atoms with Crippen LogP contribution in [0.25, 0.3) is 0 Å². The molecule has 5 nitrogen and oxygen atoms in total. The van der Waals surface area contributed by atoms with Gasteiger partial charge in [-0.25, -0.2) is 16.8 Å². The fourth-order valence-corrected chi connectivity index (χ4v) is 6.18. The Morgan fingerprint density at radius 2 is 1.37 bits per heavy atom. The van der Waals surface area contributed by atoms with Gasteiger partial charge in [0.2, 0.25) is 19.7 Å². The zero-order valence-corrected chi connectivity index (χ0v) is 18.9. The van der Waals surface area contributed by atoms with Crippen LogP contribution in [0, 0.1) is 13.8 Å². The second-order valence-electron chi connectivity index (χ2n) is 7.36. The molecule has 0 atom stereocenters. The van der Waals surface area contributed by atoms with Crippen LogP contribution in [0.2, 0.25) is 0 Å². The standard InChI is InChI=1S/C23H24O5S2/c1-16(2)28-21-13-12-20(29(24,25)19-8-6-5-7-9-19)15-23(21)30(26,27)22-14-17(3)10-11-18(22)4/h5-16H,1-4H3. The molecule has 30 heavy (non-hydrogen) atoms. The van der Waals surface area contributed by atoms with E-state index in [1.54, 1.807) is 58.0 Å². The van der Waals surface area contributed by atoms with Gasteiger partial charge in [-0.05, 0) is 75.2 Å². The molecule has 0 unspecified atom stereocenters. The molecule has 0 fully saturated rings. The minimum Gasteiger partial charge on any atom is -0.490 e. The van der Waals surface area contributed by atoms with E-state index in [2.05, 4.69) is 0 Å². The molecular weight excluding hydrogens is 420 g/mol. The highest BCUT2D eigenvalue weighted by atomic mass is 32.2. The van der Waals surface area contributed by atoms with Crippen LogP contribution < -0.4 is 4.74 Å². The van der Waals surface area contributed by atoms with E-state index in [0.717, 1.165) is 5.56 Å². The molecule has 0 saturated carbocycles. The van der Waals surface area contributed by atoms with Crippen molar-refractivity contribution in [2.75, 3.05) is 0 Å². The van der Waals surface area contributed by atoms with Crippen LogP contribution in [0.15, 0.2) is 86.3 Å². The van der Waals surface area contributed by atoms with Gasteiger partial charge < -0.3 is 4.74 Å². The van der Waals surface area contributed by atoms with Gasteiger partial charge in [0, 0.05) is 0 Å². The van der Waals surface area contributed by atoms with E-state index in [9.17, 15) is 16.8 Å². The Labute approximate surface area is 178 Å². The molecule has 0 aliphatic rings. The lowest BCUT2D eigenvalue weighted by molar-refractivity contribution is 0.236. The van der Waals surface area contributed by atoms with E-state index in [1.165, 1.54) is 30.3 Å². The first kappa shape index (κ1) is 22.1. The maximum absolute atomic E-state index is 13.6. The summed E-state index contributed by atoms with van der Waals surface area (Å²) in [6, 6.07) is 17.0. The first-order valence-corrected chi connectivity index (χ1v) is 12.4. The van der Waals surface area contributed by atoms with Crippen molar-refractivity contribution in [1.29, 1.82) is 0 Å².